The van der Waals surface area contributed by atoms with Crippen LogP contribution in [0.1, 0.15) is 33.1 Å². The van der Waals surface area contributed by atoms with Gasteiger partial charge in [0.1, 0.15) is 11.2 Å². The maximum absolute atomic E-state index is 13.1. The van der Waals surface area contributed by atoms with Gasteiger partial charge in [0, 0.05) is 12.2 Å². The van der Waals surface area contributed by atoms with Crippen molar-refractivity contribution in [3.05, 3.63) is 29.0 Å². The number of halogens is 2. The van der Waals surface area contributed by atoms with Crippen molar-refractivity contribution in [2.75, 3.05) is 11.9 Å². The van der Waals surface area contributed by atoms with Gasteiger partial charge in [0.05, 0.1) is 5.02 Å². The number of rotatable bonds is 6. The standard InChI is InChI=1S/C16H20ClFN2O2/c1-10(2)5-8-19-14(21)16(6-7-16)15(22)20-11-3-4-13(18)12(17)9-11/h3-4,9-10H,5-8H2,1-2H3,(H,19,21)(H,20,22). The molecule has 0 spiro atoms. The molecule has 4 nitrogen and oxygen atoms in total. The summed E-state index contributed by atoms with van der Waals surface area (Å²) in [6.07, 6.45) is 1.93. The van der Waals surface area contributed by atoms with E-state index in [1.807, 2.05) is 0 Å². The Bertz CT molecular complexity index is 586. The molecule has 0 saturated heterocycles. The Morgan fingerprint density at radius 1 is 1.32 bits per heavy atom. The zero-order valence-corrected chi connectivity index (χ0v) is 13.5. The highest BCUT2D eigenvalue weighted by molar-refractivity contribution is 6.31. The molecule has 120 valence electrons. The minimum Gasteiger partial charge on any atom is -0.355 e. The minimum absolute atomic E-state index is 0.0657. The van der Waals surface area contributed by atoms with Crippen LogP contribution in [0.5, 0.6) is 0 Å². The molecule has 0 heterocycles. The molecule has 0 unspecified atom stereocenters. The molecule has 1 aromatic carbocycles. The average molecular weight is 327 g/mol. The van der Waals surface area contributed by atoms with Gasteiger partial charge in [0.25, 0.3) is 0 Å². The number of anilines is 1. The summed E-state index contributed by atoms with van der Waals surface area (Å²) in [5, 5.41) is 5.39. The van der Waals surface area contributed by atoms with Crippen molar-refractivity contribution in [2.24, 2.45) is 11.3 Å². The lowest BCUT2D eigenvalue weighted by molar-refractivity contribution is -0.134. The highest BCUT2D eigenvalue weighted by atomic mass is 35.5. The number of carbonyl (C=O) groups is 2. The number of amides is 2. The summed E-state index contributed by atoms with van der Waals surface area (Å²) in [5.74, 6) is -0.658. The number of hydrogen-bond acceptors (Lipinski definition) is 2. The zero-order valence-electron chi connectivity index (χ0n) is 12.7. The van der Waals surface area contributed by atoms with Gasteiger partial charge < -0.3 is 10.6 Å². The van der Waals surface area contributed by atoms with Crippen molar-refractivity contribution in [3.8, 4) is 0 Å². The molecule has 2 N–H and O–H groups in total. The molecule has 0 radical (unpaired) electrons. The topological polar surface area (TPSA) is 58.2 Å². The van der Waals surface area contributed by atoms with Crippen LogP contribution in [0, 0.1) is 17.2 Å². The van der Waals surface area contributed by atoms with E-state index in [2.05, 4.69) is 24.5 Å². The van der Waals surface area contributed by atoms with Crippen molar-refractivity contribution in [1.82, 2.24) is 5.32 Å². The van der Waals surface area contributed by atoms with Gasteiger partial charge in [-0.15, -0.1) is 0 Å². The summed E-state index contributed by atoms with van der Waals surface area (Å²) >= 11 is 5.68. The van der Waals surface area contributed by atoms with E-state index in [0.717, 1.165) is 6.42 Å². The van der Waals surface area contributed by atoms with Gasteiger partial charge in [-0.25, -0.2) is 4.39 Å². The number of nitrogens with one attached hydrogen (secondary N) is 2. The molecule has 0 atom stereocenters. The van der Waals surface area contributed by atoms with Gasteiger partial charge in [-0.1, -0.05) is 25.4 Å². The maximum atomic E-state index is 13.1. The Morgan fingerprint density at radius 2 is 2.00 bits per heavy atom. The zero-order chi connectivity index (χ0) is 16.3. The maximum Gasteiger partial charge on any atom is 0.240 e. The van der Waals surface area contributed by atoms with Gasteiger partial charge >= 0.3 is 0 Å². The van der Waals surface area contributed by atoms with Crippen molar-refractivity contribution in [2.45, 2.75) is 33.1 Å². The Labute approximate surface area is 134 Å². The second-order valence-electron chi connectivity index (χ2n) is 6.10. The lowest BCUT2D eigenvalue weighted by atomic mass is 10.0. The molecule has 2 rings (SSSR count). The molecule has 1 aliphatic carbocycles. The van der Waals surface area contributed by atoms with Crippen LogP contribution in [-0.4, -0.2) is 18.4 Å². The Balaban J connectivity index is 1.96. The van der Waals surface area contributed by atoms with Crippen LogP contribution in [0.25, 0.3) is 0 Å². The van der Waals surface area contributed by atoms with E-state index < -0.39 is 11.2 Å². The largest absolute Gasteiger partial charge is 0.355 e. The summed E-state index contributed by atoms with van der Waals surface area (Å²) in [5.41, 5.74) is -0.602. The normalized spacial score (nSPS) is 15.5. The fraction of sp³-hybridized carbons (Fsp3) is 0.500. The molecule has 1 aromatic rings. The van der Waals surface area contributed by atoms with Crippen LogP contribution >= 0.6 is 11.6 Å². The van der Waals surface area contributed by atoms with Crippen LogP contribution < -0.4 is 10.6 Å². The van der Waals surface area contributed by atoms with Gasteiger partial charge in [-0.05, 0) is 43.4 Å². The summed E-state index contributed by atoms with van der Waals surface area (Å²) < 4.78 is 13.1. The Kier molecular flexibility index (Phi) is 5.06. The third-order valence-electron chi connectivity index (χ3n) is 3.80. The van der Waals surface area contributed by atoms with E-state index in [4.69, 9.17) is 11.6 Å². The molecule has 0 aromatic heterocycles. The lowest BCUT2D eigenvalue weighted by Crippen LogP contribution is -2.40. The first-order valence-electron chi connectivity index (χ1n) is 7.40. The van der Waals surface area contributed by atoms with E-state index in [0.29, 0.717) is 31.0 Å². The van der Waals surface area contributed by atoms with Gasteiger partial charge in [0.15, 0.2) is 0 Å². The molecule has 1 fully saturated rings. The fourth-order valence-corrected chi connectivity index (χ4v) is 2.33. The lowest BCUT2D eigenvalue weighted by Gasteiger charge is -2.16. The molecule has 1 saturated carbocycles. The van der Waals surface area contributed by atoms with Crippen LogP contribution in [0.4, 0.5) is 10.1 Å². The molecule has 0 bridgehead atoms. The van der Waals surface area contributed by atoms with Crippen LogP contribution in [0.15, 0.2) is 18.2 Å². The highest BCUT2D eigenvalue weighted by Gasteiger charge is 2.56. The van der Waals surface area contributed by atoms with E-state index in [-0.39, 0.29) is 16.8 Å². The Morgan fingerprint density at radius 3 is 2.55 bits per heavy atom. The van der Waals surface area contributed by atoms with Crippen LogP contribution in [0.3, 0.4) is 0 Å². The molecule has 0 aliphatic heterocycles. The van der Waals surface area contributed by atoms with Gasteiger partial charge in [-0.2, -0.15) is 0 Å². The first kappa shape index (κ1) is 16.7. The summed E-state index contributed by atoms with van der Waals surface area (Å²) in [6, 6.07) is 3.94. The number of carbonyl (C=O) groups excluding carboxylic acids is 2. The van der Waals surface area contributed by atoms with Crippen molar-refractivity contribution >= 4 is 29.1 Å². The summed E-state index contributed by atoms with van der Waals surface area (Å²) in [6.45, 7) is 4.71. The quantitative estimate of drug-likeness (QED) is 0.787. The third kappa shape index (κ3) is 3.77. The van der Waals surface area contributed by atoms with Gasteiger partial charge in [-0.3, -0.25) is 9.59 Å². The van der Waals surface area contributed by atoms with E-state index in [1.54, 1.807) is 0 Å². The van der Waals surface area contributed by atoms with Gasteiger partial charge in [0.2, 0.25) is 11.8 Å². The first-order valence-corrected chi connectivity index (χ1v) is 7.78. The molecule has 22 heavy (non-hydrogen) atoms. The SMILES string of the molecule is CC(C)CCNC(=O)C1(C(=O)Nc2ccc(F)c(Cl)c2)CC1. The van der Waals surface area contributed by atoms with E-state index in [9.17, 15) is 14.0 Å². The van der Waals surface area contributed by atoms with Crippen molar-refractivity contribution in [1.29, 1.82) is 0 Å². The minimum atomic E-state index is -0.988. The van der Waals surface area contributed by atoms with Crippen molar-refractivity contribution in [3.63, 3.8) is 0 Å². The van der Waals surface area contributed by atoms with Crippen LogP contribution in [-0.2, 0) is 9.59 Å². The van der Waals surface area contributed by atoms with E-state index in [1.165, 1.54) is 18.2 Å². The highest BCUT2D eigenvalue weighted by Crippen LogP contribution is 2.46. The molecular weight excluding hydrogens is 307 g/mol. The molecule has 6 heteroatoms. The first-order chi connectivity index (χ1) is 10.3. The molecular formula is C16H20ClFN2O2. The fourth-order valence-electron chi connectivity index (χ4n) is 2.15. The monoisotopic (exact) mass is 326 g/mol. The number of benzene rings is 1. The second-order valence-corrected chi connectivity index (χ2v) is 6.51. The number of hydrogen-bond donors (Lipinski definition) is 2. The predicted molar refractivity (Wildman–Crippen MR) is 84.2 cm³/mol. The summed E-state index contributed by atoms with van der Waals surface area (Å²) in [7, 11) is 0. The van der Waals surface area contributed by atoms with Crippen molar-refractivity contribution < 1.29 is 14.0 Å². The molecule has 1 aliphatic rings. The summed E-state index contributed by atoms with van der Waals surface area (Å²) in [4.78, 5) is 24.5. The smallest absolute Gasteiger partial charge is 0.240 e. The van der Waals surface area contributed by atoms with E-state index >= 15 is 0 Å². The average Bonchev–Trinajstić information content (AvgIpc) is 3.24. The predicted octanol–water partition coefficient (Wildman–Crippen LogP) is 3.36. The second kappa shape index (κ2) is 6.65. The molecule has 2 amide bonds. The third-order valence-corrected chi connectivity index (χ3v) is 4.09. The Hall–Kier alpha value is -1.62. The van der Waals surface area contributed by atoms with Crippen LogP contribution in [0.2, 0.25) is 5.02 Å².